The highest BCUT2D eigenvalue weighted by atomic mass is 31.1. The normalized spacial score (nSPS) is 18.4. The first kappa shape index (κ1) is 16.3. The zero-order chi connectivity index (χ0) is 14.2. The lowest BCUT2D eigenvalue weighted by Gasteiger charge is -2.31. The van der Waals surface area contributed by atoms with Gasteiger partial charge in [-0.2, -0.15) is 0 Å². The third kappa shape index (κ3) is 4.76. The molecule has 2 N–H and O–H groups in total. The summed E-state index contributed by atoms with van der Waals surface area (Å²) in [6, 6.07) is 10.5. The van der Waals surface area contributed by atoms with E-state index in [0.717, 1.165) is 0 Å². The first-order valence-corrected chi connectivity index (χ1v) is 10.5. The van der Waals surface area contributed by atoms with Crippen LogP contribution < -0.4 is 5.30 Å². The number of hydrogen-bond acceptors (Lipinski definition) is 3. The summed E-state index contributed by atoms with van der Waals surface area (Å²) in [5.74, 6) is 0. The second-order valence-corrected chi connectivity index (χ2v) is 9.49. The highest BCUT2D eigenvalue weighted by Crippen LogP contribution is 2.50. The number of aliphatic hydroxyl groups is 2. The fourth-order valence-electron chi connectivity index (χ4n) is 2.55. The topological polar surface area (TPSA) is 49.7 Å². The summed E-state index contributed by atoms with van der Waals surface area (Å²) in [7, 11) is -1.42. The first-order chi connectivity index (χ1) is 9.85. The van der Waals surface area contributed by atoms with Crippen molar-refractivity contribution in [2.45, 2.75) is 37.8 Å². The average Bonchev–Trinajstić information content (AvgIpc) is 2.53. The summed E-state index contributed by atoms with van der Waals surface area (Å²) in [4.78, 5) is 0. The molecule has 0 spiro atoms. The number of rotatable bonds is 7. The molecule has 1 fully saturated rings. The van der Waals surface area contributed by atoms with Gasteiger partial charge in [-0.1, -0.05) is 49.6 Å². The van der Waals surface area contributed by atoms with E-state index < -0.39 is 16.1 Å². The Bertz CT molecular complexity index is 365. The molecule has 0 saturated heterocycles. The average molecular weight is 314 g/mol. The fourth-order valence-corrected chi connectivity index (χ4v) is 6.04. The molecule has 5 heteroatoms. The van der Waals surface area contributed by atoms with Crippen molar-refractivity contribution in [3.05, 3.63) is 30.3 Å². The zero-order valence-electron chi connectivity index (χ0n) is 11.8. The molecule has 1 aromatic carbocycles. The van der Waals surface area contributed by atoms with E-state index in [-0.39, 0.29) is 12.7 Å². The molecular formula is C15H24O3P2. The van der Waals surface area contributed by atoms with Gasteiger partial charge in [-0.3, -0.25) is 0 Å². The Morgan fingerprint density at radius 2 is 1.65 bits per heavy atom. The maximum atomic E-state index is 9.22. The molecule has 1 atom stereocenters. The number of hydrogen-bond donors (Lipinski definition) is 2. The summed E-state index contributed by atoms with van der Waals surface area (Å²) in [6.45, 7) is 0. The van der Waals surface area contributed by atoms with Gasteiger partial charge in [-0.05, 0) is 20.8 Å². The van der Waals surface area contributed by atoms with Crippen molar-refractivity contribution in [1.82, 2.24) is 0 Å². The maximum absolute atomic E-state index is 9.22. The van der Waals surface area contributed by atoms with Crippen LogP contribution in [0.15, 0.2) is 30.3 Å². The van der Waals surface area contributed by atoms with E-state index in [1.807, 2.05) is 6.07 Å². The zero-order valence-corrected chi connectivity index (χ0v) is 13.6. The van der Waals surface area contributed by atoms with Gasteiger partial charge in [0.1, 0.15) is 0 Å². The van der Waals surface area contributed by atoms with Crippen molar-refractivity contribution < 1.29 is 14.7 Å². The van der Waals surface area contributed by atoms with Gasteiger partial charge in [0, 0.05) is 11.0 Å². The van der Waals surface area contributed by atoms with Gasteiger partial charge in [0.05, 0.1) is 27.2 Å². The predicted molar refractivity (Wildman–Crippen MR) is 86.9 cm³/mol. The molecule has 0 radical (unpaired) electrons. The van der Waals surface area contributed by atoms with Crippen LogP contribution in [-0.2, 0) is 4.52 Å². The number of benzene rings is 1. The summed E-state index contributed by atoms with van der Waals surface area (Å²) in [5, 5.41) is 19.7. The van der Waals surface area contributed by atoms with Crippen LogP contribution in [0.4, 0.5) is 0 Å². The van der Waals surface area contributed by atoms with Crippen molar-refractivity contribution in [2.24, 2.45) is 0 Å². The van der Waals surface area contributed by atoms with Crippen molar-refractivity contribution in [3.8, 4) is 0 Å². The minimum Gasteiger partial charge on any atom is -0.392 e. The summed E-state index contributed by atoms with van der Waals surface area (Å²) >= 11 is 0. The molecule has 0 aliphatic heterocycles. The second kappa shape index (κ2) is 9.07. The summed E-state index contributed by atoms with van der Waals surface area (Å²) < 4.78 is 6.19. The van der Waals surface area contributed by atoms with Gasteiger partial charge >= 0.3 is 0 Å². The SMILES string of the molecule is OCP(CO)COP(c1ccccc1)C1CCCCC1. The minimum absolute atomic E-state index is 0.0501. The molecule has 1 aromatic rings. The molecule has 0 heterocycles. The Balaban J connectivity index is 2.03. The van der Waals surface area contributed by atoms with Crippen LogP contribution in [0, 0.1) is 0 Å². The van der Waals surface area contributed by atoms with Crippen molar-refractivity contribution in [2.75, 3.05) is 19.0 Å². The lowest BCUT2D eigenvalue weighted by Crippen LogP contribution is -2.19. The van der Waals surface area contributed by atoms with E-state index >= 15 is 0 Å². The van der Waals surface area contributed by atoms with Gasteiger partial charge in [0.25, 0.3) is 0 Å². The smallest absolute Gasteiger partial charge is 0.0750 e. The molecule has 20 heavy (non-hydrogen) atoms. The van der Waals surface area contributed by atoms with Crippen LogP contribution in [0.25, 0.3) is 0 Å². The fraction of sp³-hybridized carbons (Fsp3) is 0.600. The van der Waals surface area contributed by atoms with Crippen LogP contribution >= 0.6 is 16.1 Å². The van der Waals surface area contributed by atoms with E-state index in [1.54, 1.807) is 0 Å². The molecule has 0 bridgehead atoms. The second-order valence-electron chi connectivity index (χ2n) is 5.17. The highest BCUT2D eigenvalue weighted by Gasteiger charge is 2.26. The van der Waals surface area contributed by atoms with Crippen molar-refractivity contribution in [3.63, 3.8) is 0 Å². The third-order valence-corrected chi connectivity index (χ3v) is 7.59. The van der Waals surface area contributed by atoms with Gasteiger partial charge in [0.2, 0.25) is 0 Å². The molecule has 1 aliphatic carbocycles. The molecule has 112 valence electrons. The largest absolute Gasteiger partial charge is 0.392 e. The van der Waals surface area contributed by atoms with E-state index in [1.165, 1.54) is 37.4 Å². The Morgan fingerprint density at radius 3 is 2.25 bits per heavy atom. The van der Waals surface area contributed by atoms with Crippen LogP contribution in [0.5, 0.6) is 0 Å². The van der Waals surface area contributed by atoms with Gasteiger partial charge in [-0.25, -0.2) is 0 Å². The van der Waals surface area contributed by atoms with Crippen LogP contribution in [0.3, 0.4) is 0 Å². The van der Waals surface area contributed by atoms with E-state index in [2.05, 4.69) is 24.3 Å². The Hall–Kier alpha value is -0.0400. The van der Waals surface area contributed by atoms with Crippen LogP contribution in [-0.4, -0.2) is 34.9 Å². The molecule has 0 aromatic heterocycles. The van der Waals surface area contributed by atoms with Crippen LogP contribution in [0.1, 0.15) is 32.1 Å². The lowest BCUT2D eigenvalue weighted by molar-refractivity contribution is 0.331. The minimum atomic E-state index is -0.795. The summed E-state index contributed by atoms with van der Waals surface area (Å²) in [6.07, 6.45) is 7.05. The van der Waals surface area contributed by atoms with Gasteiger partial charge in [0.15, 0.2) is 0 Å². The molecule has 1 saturated carbocycles. The quantitative estimate of drug-likeness (QED) is 0.758. The molecule has 1 unspecified atom stereocenters. The van der Waals surface area contributed by atoms with Crippen molar-refractivity contribution in [1.29, 1.82) is 0 Å². The van der Waals surface area contributed by atoms with Gasteiger partial charge in [-0.15, -0.1) is 0 Å². The molecule has 0 amide bonds. The first-order valence-electron chi connectivity index (χ1n) is 7.26. The molecular weight excluding hydrogens is 290 g/mol. The van der Waals surface area contributed by atoms with Crippen LogP contribution in [0.2, 0.25) is 0 Å². The molecule has 1 aliphatic rings. The predicted octanol–water partition coefficient (Wildman–Crippen LogP) is 3.40. The monoisotopic (exact) mass is 314 g/mol. The van der Waals surface area contributed by atoms with E-state index in [0.29, 0.717) is 12.0 Å². The molecule has 2 rings (SSSR count). The number of aliphatic hydroxyl groups excluding tert-OH is 2. The van der Waals surface area contributed by atoms with E-state index in [9.17, 15) is 10.2 Å². The highest BCUT2D eigenvalue weighted by molar-refractivity contribution is 7.63. The standard InChI is InChI=1S/C15H24O3P2/c16-11-19(12-17)13-18-20(14-7-3-1-4-8-14)15-9-5-2-6-10-15/h1,3-4,7-8,15-17H,2,5-6,9-13H2. The van der Waals surface area contributed by atoms with Gasteiger partial charge < -0.3 is 14.7 Å². The Labute approximate surface area is 123 Å². The van der Waals surface area contributed by atoms with E-state index in [4.69, 9.17) is 4.52 Å². The maximum Gasteiger partial charge on any atom is 0.0750 e. The Morgan fingerprint density at radius 1 is 1.00 bits per heavy atom. The lowest BCUT2D eigenvalue weighted by atomic mass is 10.0. The summed E-state index contributed by atoms with van der Waals surface area (Å²) in [5.41, 5.74) is 0.635. The van der Waals surface area contributed by atoms with Crippen molar-refractivity contribution >= 4 is 21.4 Å². The Kier molecular flexibility index (Phi) is 7.41. The molecule has 3 nitrogen and oxygen atoms in total. The third-order valence-electron chi connectivity index (χ3n) is 3.70.